The predicted octanol–water partition coefficient (Wildman–Crippen LogP) is 1.49. The summed E-state index contributed by atoms with van der Waals surface area (Å²) in [6, 6.07) is 7.34. The normalized spacial score (nSPS) is 20.5. The van der Waals surface area contributed by atoms with E-state index in [1.54, 1.807) is 19.2 Å². The summed E-state index contributed by atoms with van der Waals surface area (Å²) in [5, 5.41) is 6.93. The van der Waals surface area contributed by atoms with E-state index in [0.29, 0.717) is 12.1 Å². The molecular formula is C21H33N5O2. The number of hydrogen-bond acceptors (Lipinski definition) is 4. The number of hydrogen-bond donors (Lipinski definition) is 3. The average Bonchev–Trinajstić information content (AvgIpc) is 2.75. The van der Waals surface area contributed by atoms with E-state index < -0.39 is 5.91 Å². The van der Waals surface area contributed by atoms with Crippen molar-refractivity contribution in [2.75, 3.05) is 39.9 Å². The van der Waals surface area contributed by atoms with Crippen molar-refractivity contribution in [3.63, 3.8) is 0 Å². The Labute approximate surface area is 167 Å². The lowest BCUT2D eigenvalue weighted by Gasteiger charge is -2.48. The Kier molecular flexibility index (Phi) is 7.28. The minimum Gasteiger partial charge on any atom is -0.379 e. The summed E-state index contributed by atoms with van der Waals surface area (Å²) < 4.78 is 5.57. The molecule has 1 heterocycles. The maximum absolute atomic E-state index is 11.2. The molecule has 1 amide bonds. The summed E-state index contributed by atoms with van der Waals surface area (Å²) in [7, 11) is 1.80. The largest absolute Gasteiger partial charge is 0.379 e. The van der Waals surface area contributed by atoms with Crippen molar-refractivity contribution in [3.8, 4) is 0 Å². The van der Waals surface area contributed by atoms with Crippen LogP contribution in [0.3, 0.4) is 0 Å². The maximum atomic E-state index is 11.2. The molecular weight excluding hydrogens is 354 g/mol. The molecule has 3 rings (SSSR count). The zero-order chi connectivity index (χ0) is 19.8. The molecule has 0 spiro atoms. The number of morpholine rings is 1. The maximum Gasteiger partial charge on any atom is 0.248 e. The van der Waals surface area contributed by atoms with Gasteiger partial charge in [0.05, 0.1) is 13.2 Å². The van der Waals surface area contributed by atoms with Crippen molar-refractivity contribution >= 4 is 11.9 Å². The Hall–Kier alpha value is -2.12. The van der Waals surface area contributed by atoms with Gasteiger partial charge in [0, 0.05) is 44.3 Å². The van der Waals surface area contributed by atoms with Crippen molar-refractivity contribution in [3.05, 3.63) is 35.4 Å². The molecule has 2 fully saturated rings. The smallest absolute Gasteiger partial charge is 0.248 e. The Bertz CT molecular complexity index is 662. The molecule has 0 bridgehead atoms. The van der Waals surface area contributed by atoms with Crippen molar-refractivity contribution in [2.45, 2.75) is 44.2 Å². The van der Waals surface area contributed by atoms with E-state index in [-0.39, 0.29) is 5.54 Å². The molecule has 0 unspecified atom stereocenters. The number of aliphatic imine (C=N–C) groups is 1. The summed E-state index contributed by atoms with van der Waals surface area (Å²) in [6.07, 6.45) is 6.37. The fraction of sp³-hybridized carbons (Fsp3) is 0.619. The lowest BCUT2D eigenvalue weighted by atomic mass is 9.80. The van der Waals surface area contributed by atoms with Crippen LogP contribution in [-0.4, -0.2) is 62.2 Å². The van der Waals surface area contributed by atoms with Crippen molar-refractivity contribution < 1.29 is 9.53 Å². The SMILES string of the molecule is CN=C(NCc1ccc(C(N)=O)cc1)NCC1(N2CCOCC2)CCCCC1. The van der Waals surface area contributed by atoms with Crippen LogP contribution in [0.25, 0.3) is 0 Å². The number of nitrogens with two attached hydrogens (primary N) is 1. The highest BCUT2D eigenvalue weighted by Gasteiger charge is 2.38. The summed E-state index contributed by atoms with van der Waals surface area (Å²) >= 11 is 0. The van der Waals surface area contributed by atoms with Crippen LogP contribution in [0, 0.1) is 0 Å². The first-order valence-corrected chi connectivity index (χ1v) is 10.3. The lowest BCUT2D eigenvalue weighted by molar-refractivity contribution is -0.0352. The number of nitrogens with zero attached hydrogens (tertiary/aromatic N) is 2. The van der Waals surface area contributed by atoms with Gasteiger partial charge in [0.1, 0.15) is 0 Å². The molecule has 7 heteroatoms. The second kappa shape index (κ2) is 9.89. The first-order valence-electron chi connectivity index (χ1n) is 10.3. The number of carbonyl (C=O) groups excluding carboxylic acids is 1. The molecule has 28 heavy (non-hydrogen) atoms. The van der Waals surface area contributed by atoms with Gasteiger partial charge in [-0.2, -0.15) is 0 Å². The quantitative estimate of drug-likeness (QED) is 0.508. The highest BCUT2D eigenvalue weighted by molar-refractivity contribution is 5.92. The zero-order valence-electron chi connectivity index (χ0n) is 16.9. The third kappa shape index (κ3) is 5.23. The summed E-state index contributed by atoms with van der Waals surface area (Å²) in [5.74, 6) is 0.398. The van der Waals surface area contributed by atoms with E-state index in [2.05, 4.69) is 20.5 Å². The molecule has 4 N–H and O–H groups in total. The molecule has 1 aromatic rings. The predicted molar refractivity (Wildman–Crippen MR) is 111 cm³/mol. The number of rotatable bonds is 6. The highest BCUT2D eigenvalue weighted by Crippen LogP contribution is 2.33. The molecule has 7 nitrogen and oxygen atoms in total. The zero-order valence-corrected chi connectivity index (χ0v) is 16.9. The number of nitrogens with one attached hydrogen (secondary N) is 2. The Morgan fingerprint density at radius 1 is 1.14 bits per heavy atom. The third-order valence-corrected chi connectivity index (χ3v) is 5.97. The molecule has 1 saturated carbocycles. The van der Waals surface area contributed by atoms with Gasteiger partial charge in [-0.3, -0.25) is 14.7 Å². The van der Waals surface area contributed by atoms with Crippen LogP contribution in [0.4, 0.5) is 0 Å². The molecule has 0 atom stereocenters. The number of ether oxygens (including phenoxy) is 1. The second-order valence-corrected chi connectivity index (χ2v) is 7.72. The van der Waals surface area contributed by atoms with Crippen LogP contribution in [-0.2, 0) is 11.3 Å². The van der Waals surface area contributed by atoms with Gasteiger partial charge < -0.3 is 21.1 Å². The van der Waals surface area contributed by atoms with Crippen molar-refractivity contribution in [2.24, 2.45) is 10.7 Å². The summed E-state index contributed by atoms with van der Waals surface area (Å²) in [4.78, 5) is 18.2. The molecule has 0 radical (unpaired) electrons. The van der Waals surface area contributed by atoms with Gasteiger partial charge in [-0.05, 0) is 30.5 Å². The summed E-state index contributed by atoms with van der Waals surface area (Å²) in [6.45, 7) is 5.22. The van der Waals surface area contributed by atoms with E-state index >= 15 is 0 Å². The van der Waals surface area contributed by atoms with Crippen LogP contribution in [0.1, 0.15) is 48.0 Å². The number of carbonyl (C=O) groups is 1. The van der Waals surface area contributed by atoms with Crippen LogP contribution >= 0.6 is 0 Å². The number of guanidine groups is 1. The summed E-state index contributed by atoms with van der Waals surface area (Å²) in [5.41, 5.74) is 7.09. The molecule has 0 aromatic heterocycles. The minimum absolute atomic E-state index is 0.197. The number of primary amides is 1. The van der Waals surface area contributed by atoms with Gasteiger partial charge in [0.15, 0.2) is 5.96 Å². The molecule has 1 aliphatic carbocycles. The average molecular weight is 388 g/mol. The highest BCUT2D eigenvalue weighted by atomic mass is 16.5. The second-order valence-electron chi connectivity index (χ2n) is 7.72. The fourth-order valence-electron chi connectivity index (χ4n) is 4.29. The van der Waals surface area contributed by atoms with Crippen LogP contribution < -0.4 is 16.4 Å². The van der Waals surface area contributed by atoms with E-state index in [0.717, 1.165) is 44.4 Å². The van der Waals surface area contributed by atoms with Crippen LogP contribution in [0.5, 0.6) is 0 Å². The monoisotopic (exact) mass is 387 g/mol. The Balaban J connectivity index is 1.56. The Morgan fingerprint density at radius 2 is 1.82 bits per heavy atom. The van der Waals surface area contributed by atoms with Gasteiger partial charge in [-0.1, -0.05) is 31.4 Å². The fourth-order valence-corrected chi connectivity index (χ4v) is 4.29. The first-order chi connectivity index (χ1) is 13.6. The third-order valence-electron chi connectivity index (χ3n) is 5.97. The molecule has 1 aromatic carbocycles. The first kappa shape index (κ1) is 20.6. The van der Waals surface area contributed by atoms with Crippen LogP contribution in [0.2, 0.25) is 0 Å². The van der Waals surface area contributed by atoms with Gasteiger partial charge in [0.2, 0.25) is 5.91 Å². The van der Waals surface area contributed by atoms with Crippen molar-refractivity contribution in [1.82, 2.24) is 15.5 Å². The molecule has 154 valence electrons. The molecule has 2 aliphatic rings. The van der Waals surface area contributed by atoms with E-state index in [9.17, 15) is 4.79 Å². The molecule has 1 saturated heterocycles. The number of benzene rings is 1. The van der Waals surface area contributed by atoms with Crippen LogP contribution in [0.15, 0.2) is 29.3 Å². The molecule has 1 aliphatic heterocycles. The van der Waals surface area contributed by atoms with E-state index in [1.807, 2.05) is 12.1 Å². The topological polar surface area (TPSA) is 92.0 Å². The number of amides is 1. The van der Waals surface area contributed by atoms with E-state index in [1.165, 1.54) is 32.1 Å². The van der Waals surface area contributed by atoms with Crippen molar-refractivity contribution in [1.29, 1.82) is 0 Å². The Morgan fingerprint density at radius 3 is 2.43 bits per heavy atom. The van der Waals surface area contributed by atoms with Gasteiger partial charge in [-0.25, -0.2) is 0 Å². The van der Waals surface area contributed by atoms with Gasteiger partial charge >= 0.3 is 0 Å². The van der Waals surface area contributed by atoms with Gasteiger partial charge in [0.25, 0.3) is 0 Å². The van der Waals surface area contributed by atoms with E-state index in [4.69, 9.17) is 10.5 Å². The minimum atomic E-state index is -0.405. The standard InChI is InChI=1S/C21H33N5O2/c1-23-20(24-15-17-5-7-18(8-6-17)19(22)27)25-16-21(9-3-2-4-10-21)26-11-13-28-14-12-26/h5-8H,2-4,9-16H2,1H3,(H2,22,27)(H2,23,24,25). The lowest BCUT2D eigenvalue weighted by Crippen LogP contribution is -2.60. The van der Waals surface area contributed by atoms with Gasteiger partial charge in [-0.15, -0.1) is 0 Å².